The zero-order valence-corrected chi connectivity index (χ0v) is 31.2. The fraction of sp³-hybridized carbons (Fsp3) is 0.595. The summed E-state index contributed by atoms with van der Waals surface area (Å²) in [6.07, 6.45) is 6.55. The number of piperazine rings is 1. The molecule has 3 aliphatic heterocycles. The van der Waals surface area contributed by atoms with Gasteiger partial charge in [-0.05, 0) is 87.5 Å². The maximum Gasteiger partial charge on any atom is 0.304 e. The summed E-state index contributed by atoms with van der Waals surface area (Å²) in [5.41, 5.74) is 5.94. The SMILES string of the molecule is COc1ccc2c(c1)C1CC1(S(=O)N1CC(C)N(C)C(C)C1)Cn1c-2c(C2CCCCC2)c2ccc(C(=O)NS(=O)(=O)N3CCOCC3)cc21. The van der Waals surface area contributed by atoms with E-state index in [1.54, 1.807) is 13.2 Å². The Balaban J connectivity index is 1.27. The van der Waals surface area contributed by atoms with Crippen molar-refractivity contribution in [2.45, 2.75) is 87.6 Å². The molecule has 2 aliphatic carbocycles. The molecule has 11 nitrogen and oxygen atoms in total. The highest BCUT2D eigenvalue weighted by Crippen LogP contribution is 2.63. The molecule has 0 radical (unpaired) electrons. The predicted molar refractivity (Wildman–Crippen MR) is 195 cm³/mol. The third-order valence-electron chi connectivity index (χ3n) is 12.2. The van der Waals surface area contributed by atoms with Gasteiger partial charge in [-0.2, -0.15) is 12.7 Å². The van der Waals surface area contributed by atoms with Gasteiger partial charge in [0.2, 0.25) is 0 Å². The number of rotatable bonds is 7. The van der Waals surface area contributed by atoms with Crippen molar-refractivity contribution in [1.29, 1.82) is 0 Å². The van der Waals surface area contributed by atoms with Crippen LogP contribution in [0.5, 0.6) is 5.75 Å². The summed E-state index contributed by atoms with van der Waals surface area (Å²) in [5, 5.41) is 1.09. The molecule has 4 fully saturated rings. The predicted octanol–water partition coefficient (Wildman–Crippen LogP) is 4.60. The van der Waals surface area contributed by atoms with Gasteiger partial charge in [0.1, 0.15) is 16.7 Å². The summed E-state index contributed by atoms with van der Waals surface area (Å²) in [6, 6.07) is 12.5. The van der Waals surface area contributed by atoms with Gasteiger partial charge in [-0.25, -0.2) is 13.2 Å². The van der Waals surface area contributed by atoms with Crippen LogP contribution in [0.3, 0.4) is 0 Å². The molecule has 0 bridgehead atoms. The Bertz CT molecular complexity index is 1940. The summed E-state index contributed by atoms with van der Waals surface area (Å²) >= 11 is 0. The van der Waals surface area contributed by atoms with Crippen molar-refractivity contribution in [3.05, 3.63) is 53.1 Å². The first-order valence-electron chi connectivity index (χ1n) is 18.2. The Labute approximate surface area is 298 Å². The lowest BCUT2D eigenvalue weighted by molar-refractivity contribution is 0.0719. The third-order valence-corrected chi connectivity index (χ3v) is 15.7. The monoisotopic (exact) mass is 723 g/mol. The zero-order valence-electron chi connectivity index (χ0n) is 29.5. The molecule has 1 amide bonds. The molecule has 5 atom stereocenters. The summed E-state index contributed by atoms with van der Waals surface area (Å²) in [7, 11) is -1.46. The minimum Gasteiger partial charge on any atom is -0.497 e. The molecule has 0 spiro atoms. The van der Waals surface area contributed by atoms with E-state index in [0.717, 1.165) is 60.3 Å². The molecule has 13 heteroatoms. The Hall–Kier alpha value is -2.81. The quantitative estimate of drug-likeness (QED) is 0.380. The first-order chi connectivity index (χ1) is 24.0. The van der Waals surface area contributed by atoms with Gasteiger partial charge >= 0.3 is 10.2 Å². The lowest BCUT2D eigenvalue weighted by Crippen LogP contribution is -2.57. The van der Waals surface area contributed by atoms with E-state index in [1.165, 1.54) is 34.7 Å². The van der Waals surface area contributed by atoms with E-state index < -0.39 is 31.8 Å². The number of carbonyl (C=O) groups excluding carboxylic acids is 1. The molecule has 2 aromatic carbocycles. The number of nitrogens with one attached hydrogen (secondary N) is 1. The van der Waals surface area contributed by atoms with Crippen LogP contribution < -0.4 is 9.46 Å². The highest BCUT2D eigenvalue weighted by molar-refractivity contribution is 7.87. The minimum absolute atomic E-state index is 0.0954. The summed E-state index contributed by atoms with van der Waals surface area (Å²) in [6.45, 7) is 7.43. The van der Waals surface area contributed by atoms with Crippen molar-refractivity contribution in [2.75, 3.05) is 53.6 Å². The van der Waals surface area contributed by atoms with Crippen LogP contribution in [0, 0.1) is 0 Å². The molecule has 5 unspecified atom stereocenters. The van der Waals surface area contributed by atoms with E-state index in [4.69, 9.17) is 9.47 Å². The highest BCUT2D eigenvalue weighted by atomic mass is 32.2. The molecule has 50 heavy (non-hydrogen) atoms. The smallest absolute Gasteiger partial charge is 0.304 e. The van der Waals surface area contributed by atoms with E-state index in [1.807, 2.05) is 18.2 Å². The van der Waals surface area contributed by atoms with Gasteiger partial charge in [0.15, 0.2) is 0 Å². The van der Waals surface area contributed by atoms with Crippen molar-refractivity contribution in [3.8, 4) is 17.0 Å². The summed E-state index contributed by atoms with van der Waals surface area (Å²) in [4.78, 5) is 16.0. The molecule has 3 aromatic rings. The normalized spacial score (nSPS) is 28.7. The van der Waals surface area contributed by atoms with Gasteiger partial charge in [-0.15, -0.1) is 0 Å². The van der Waals surface area contributed by atoms with E-state index in [2.05, 4.69) is 51.5 Å². The molecule has 1 aromatic heterocycles. The minimum atomic E-state index is -4.03. The number of amides is 1. The lowest BCUT2D eigenvalue weighted by atomic mass is 9.81. The van der Waals surface area contributed by atoms with Gasteiger partial charge in [0, 0.05) is 72.8 Å². The van der Waals surface area contributed by atoms with Gasteiger partial charge < -0.3 is 14.0 Å². The number of fused-ring (bicyclic) bond motifs is 7. The number of methoxy groups -OCH3 is 1. The van der Waals surface area contributed by atoms with Crippen LogP contribution in [0.1, 0.15) is 85.7 Å². The fourth-order valence-electron chi connectivity index (χ4n) is 9.09. The third kappa shape index (κ3) is 5.72. The molecule has 5 aliphatic rings. The van der Waals surface area contributed by atoms with Crippen molar-refractivity contribution in [2.24, 2.45) is 0 Å². The molecular formula is C37H49N5O6S2. The maximum absolute atomic E-state index is 15.0. The fourth-order valence-corrected chi connectivity index (χ4v) is 12.3. The molecular weight excluding hydrogens is 675 g/mol. The van der Waals surface area contributed by atoms with Crippen LogP contribution in [0.15, 0.2) is 36.4 Å². The number of carbonyl (C=O) groups is 1. The van der Waals surface area contributed by atoms with Crippen molar-refractivity contribution < 1.29 is 26.9 Å². The van der Waals surface area contributed by atoms with Crippen LogP contribution in [-0.4, -0.2) is 107 Å². The number of hydrogen-bond donors (Lipinski definition) is 1. The van der Waals surface area contributed by atoms with Gasteiger partial charge in [-0.3, -0.25) is 9.69 Å². The maximum atomic E-state index is 15.0. The van der Waals surface area contributed by atoms with Crippen molar-refractivity contribution in [1.82, 2.24) is 22.8 Å². The number of morpholine rings is 1. The molecule has 4 heterocycles. The molecule has 270 valence electrons. The Morgan fingerprint density at radius 2 is 1.74 bits per heavy atom. The van der Waals surface area contributed by atoms with E-state index in [9.17, 15) is 17.4 Å². The number of likely N-dealkylation sites (N-methyl/N-ethyl adjacent to an activating group) is 1. The standard InChI is InChI=1S/C37H49N5O6S2/c1-24-21-40(22-25(2)39(24)3)49(44)37-20-32(37)31-19-28(47-4)11-13-29(31)35-34(26-8-6-5-7-9-26)30-12-10-27(18-33(30)42(35)23-37)36(43)38-50(45,46)41-14-16-48-17-15-41/h10-13,18-19,24-26,32H,5-9,14-17,20-23H2,1-4H3,(H,38,43). The average Bonchev–Trinajstić information content (AvgIpc) is 3.80. The Kier molecular flexibility index (Phi) is 8.91. The van der Waals surface area contributed by atoms with Crippen LogP contribution >= 0.6 is 0 Å². The van der Waals surface area contributed by atoms with Crippen molar-refractivity contribution >= 4 is 38.0 Å². The first-order valence-corrected chi connectivity index (χ1v) is 20.7. The summed E-state index contributed by atoms with van der Waals surface area (Å²) in [5.74, 6) is 0.586. The van der Waals surface area contributed by atoms with E-state index >= 15 is 0 Å². The molecule has 8 rings (SSSR count). The number of benzene rings is 2. The van der Waals surface area contributed by atoms with Gasteiger partial charge in [0.05, 0.1) is 30.8 Å². The second-order valence-electron chi connectivity index (χ2n) is 15.1. The van der Waals surface area contributed by atoms with Crippen LogP contribution in [-0.2, 0) is 32.5 Å². The second kappa shape index (κ2) is 13.0. The molecule has 1 N–H and O–H groups in total. The summed E-state index contributed by atoms with van der Waals surface area (Å²) < 4.78 is 60.0. The molecule has 2 saturated carbocycles. The average molecular weight is 724 g/mol. The van der Waals surface area contributed by atoms with Crippen LogP contribution in [0.4, 0.5) is 0 Å². The zero-order chi connectivity index (χ0) is 34.9. The van der Waals surface area contributed by atoms with E-state index in [0.29, 0.717) is 25.7 Å². The number of nitrogens with zero attached hydrogens (tertiary/aromatic N) is 4. The second-order valence-corrected chi connectivity index (χ2v) is 18.6. The van der Waals surface area contributed by atoms with Gasteiger partial charge in [0.25, 0.3) is 5.91 Å². The topological polar surface area (TPSA) is 113 Å². The lowest BCUT2D eigenvalue weighted by Gasteiger charge is -2.42. The number of ether oxygens (including phenoxy) is 2. The number of aromatic nitrogens is 1. The van der Waals surface area contributed by atoms with Gasteiger partial charge in [-0.1, -0.05) is 25.3 Å². The Morgan fingerprint density at radius 3 is 2.44 bits per heavy atom. The number of hydrogen-bond acceptors (Lipinski definition) is 7. The Morgan fingerprint density at radius 1 is 1.02 bits per heavy atom. The molecule has 2 saturated heterocycles. The van der Waals surface area contributed by atoms with Crippen molar-refractivity contribution in [3.63, 3.8) is 0 Å². The highest BCUT2D eigenvalue weighted by Gasteiger charge is 2.63. The van der Waals surface area contributed by atoms with E-state index in [-0.39, 0.29) is 36.7 Å². The first kappa shape index (κ1) is 34.3. The largest absolute Gasteiger partial charge is 0.497 e. The van der Waals surface area contributed by atoms with Crippen LogP contribution in [0.25, 0.3) is 22.2 Å². The van der Waals surface area contributed by atoms with Crippen LogP contribution in [0.2, 0.25) is 0 Å².